The molecule has 1 aromatic carbocycles. The third kappa shape index (κ3) is 1.53. The van der Waals surface area contributed by atoms with Crippen LogP contribution in [0.2, 0.25) is 0 Å². The molecule has 1 aliphatic heterocycles. The van der Waals surface area contributed by atoms with E-state index in [2.05, 4.69) is 11.6 Å². The van der Waals surface area contributed by atoms with Gasteiger partial charge in [0, 0.05) is 24.0 Å². The highest BCUT2D eigenvalue weighted by molar-refractivity contribution is 6.02. The van der Waals surface area contributed by atoms with Crippen LogP contribution in [0.25, 0.3) is 0 Å². The Morgan fingerprint density at radius 3 is 2.89 bits per heavy atom. The number of hydrogen-bond acceptors (Lipinski definition) is 1. The Balaban J connectivity index is 2.15. The summed E-state index contributed by atoms with van der Waals surface area (Å²) in [6.07, 6.45) is 2.44. The highest BCUT2D eigenvalue weighted by atomic mass is 19.3. The number of aliphatic imine (C=N–C) groups is 1. The van der Waals surface area contributed by atoms with Gasteiger partial charge < -0.3 is 0 Å². The molecule has 1 aromatic rings. The number of rotatable bonds is 2. The average molecular weight is 247 g/mol. The first-order chi connectivity index (χ1) is 8.57. The highest BCUT2D eigenvalue weighted by Crippen LogP contribution is 2.53. The predicted octanol–water partition coefficient (Wildman–Crippen LogP) is 4.41. The lowest BCUT2D eigenvalue weighted by Gasteiger charge is -2.39. The molecular formula is C15H15F2N. The molecule has 3 rings (SSSR count). The zero-order valence-electron chi connectivity index (χ0n) is 10.1. The van der Waals surface area contributed by atoms with E-state index in [1.807, 2.05) is 24.3 Å². The molecule has 0 radical (unpaired) electrons. The van der Waals surface area contributed by atoms with Crippen LogP contribution in [-0.2, 0) is 5.41 Å². The van der Waals surface area contributed by atoms with Gasteiger partial charge in [0.05, 0.1) is 5.69 Å². The first kappa shape index (κ1) is 11.6. The molecule has 0 N–H and O–H groups in total. The maximum atomic E-state index is 13.8. The van der Waals surface area contributed by atoms with Crippen LogP contribution in [0.3, 0.4) is 0 Å². The standard InChI is InChI=1S/C15H15F2N/c1-2-8-14-10-15(16,17)9-7-13(14)18-12-6-4-3-5-11(12)14/h2-6H,1,7-10H2. The van der Waals surface area contributed by atoms with Crippen molar-refractivity contribution in [3.8, 4) is 0 Å². The van der Waals surface area contributed by atoms with Crippen molar-refractivity contribution in [2.75, 3.05) is 0 Å². The minimum absolute atomic E-state index is 0.0846. The van der Waals surface area contributed by atoms with E-state index in [-0.39, 0.29) is 12.8 Å². The van der Waals surface area contributed by atoms with E-state index in [9.17, 15) is 8.78 Å². The second kappa shape index (κ2) is 3.74. The van der Waals surface area contributed by atoms with E-state index in [0.29, 0.717) is 12.8 Å². The minimum Gasteiger partial charge on any atom is -0.257 e. The second-order valence-corrected chi connectivity index (χ2v) is 5.18. The number of nitrogens with zero attached hydrogens (tertiary/aromatic N) is 1. The van der Waals surface area contributed by atoms with Gasteiger partial charge in [-0.2, -0.15) is 0 Å². The van der Waals surface area contributed by atoms with Gasteiger partial charge in [-0.15, -0.1) is 6.58 Å². The SMILES string of the molecule is C=CCC12CC(F)(F)CCC1=Nc1ccccc12. The molecule has 1 heterocycles. The van der Waals surface area contributed by atoms with Gasteiger partial charge in [0.25, 0.3) is 0 Å². The molecule has 2 aliphatic rings. The summed E-state index contributed by atoms with van der Waals surface area (Å²) >= 11 is 0. The van der Waals surface area contributed by atoms with Gasteiger partial charge in [-0.05, 0) is 24.5 Å². The Labute approximate surface area is 105 Å². The molecule has 1 unspecified atom stereocenters. The van der Waals surface area contributed by atoms with E-state index in [1.54, 1.807) is 6.08 Å². The average Bonchev–Trinajstić information content (AvgIpc) is 2.62. The fourth-order valence-electron chi connectivity index (χ4n) is 3.25. The third-order valence-corrected chi connectivity index (χ3v) is 4.01. The smallest absolute Gasteiger partial charge is 0.249 e. The second-order valence-electron chi connectivity index (χ2n) is 5.18. The zero-order valence-corrected chi connectivity index (χ0v) is 10.1. The maximum Gasteiger partial charge on any atom is 0.249 e. The molecule has 1 aliphatic carbocycles. The molecular weight excluding hydrogens is 232 g/mol. The van der Waals surface area contributed by atoms with Gasteiger partial charge in [-0.25, -0.2) is 8.78 Å². The molecule has 0 amide bonds. The van der Waals surface area contributed by atoms with Crippen molar-refractivity contribution in [2.45, 2.75) is 37.0 Å². The van der Waals surface area contributed by atoms with Crippen molar-refractivity contribution in [1.29, 1.82) is 0 Å². The number of allylic oxidation sites excluding steroid dienone is 1. The summed E-state index contributed by atoms with van der Waals surface area (Å²) in [7, 11) is 0. The largest absolute Gasteiger partial charge is 0.257 e. The van der Waals surface area contributed by atoms with Crippen molar-refractivity contribution < 1.29 is 8.78 Å². The van der Waals surface area contributed by atoms with Crippen LogP contribution in [0.5, 0.6) is 0 Å². The highest BCUT2D eigenvalue weighted by Gasteiger charge is 2.52. The molecule has 0 bridgehead atoms. The van der Waals surface area contributed by atoms with E-state index in [1.165, 1.54) is 0 Å². The van der Waals surface area contributed by atoms with Crippen LogP contribution >= 0.6 is 0 Å². The van der Waals surface area contributed by atoms with Crippen LogP contribution < -0.4 is 0 Å². The first-order valence-electron chi connectivity index (χ1n) is 6.24. The van der Waals surface area contributed by atoms with Gasteiger partial charge in [-0.1, -0.05) is 24.3 Å². The molecule has 18 heavy (non-hydrogen) atoms. The normalized spacial score (nSPS) is 28.2. The molecule has 1 fully saturated rings. The zero-order chi connectivity index (χ0) is 12.8. The summed E-state index contributed by atoms with van der Waals surface area (Å²) in [5.41, 5.74) is 2.10. The van der Waals surface area contributed by atoms with Crippen molar-refractivity contribution >= 4 is 11.4 Å². The van der Waals surface area contributed by atoms with Gasteiger partial charge >= 0.3 is 0 Å². The number of benzene rings is 1. The van der Waals surface area contributed by atoms with Crippen LogP contribution in [0, 0.1) is 0 Å². The van der Waals surface area contributed by atoms with Crippen LogP contribution in [0.1, 0.15) is 31.2 Å². The Bertz CT molecular complexity index is 533. The fraction of sp³-hybridized carbons (Fsp3) is 0.400. The van der Waals surface area contributed by atoms with E-state index in [0.717, 1.165) is 17.0 Å². The van der Waals surface area contributed by atoms with Gasteiger partial charge in [0.2, 0.25) is 5.92 Å². The number of fused-ring (bicyclic) bond motifs is 3. The summed E-state index contributed by atoms with van der Waals surface area (Å²) in [6.45, 7) is 3.73. The molecule has 0 spiro atoms. The predicted molar refractivity (Wildman–Crippen MR) is 68.8 cm³/mol. The van der Waals surface area contributed by atoms with Crippen LogP contribution in [0.4, 0.5) is 14.5 Å². The summed E-state index contributed by atoms with van der Waals surface area (Å²) in [6, 6.07) is 7.63. The van der Waals surface area contributed by atoms with Gasteiger partial charge in [0.15, 0.2) is 0 Å². The lowest BCUT2D eigenvalue weighted by atomic mass is 9.66. The van der Waals surface area contributed by atoms with Crippen LogP contribution in [0.15, 0.2) is 41.9 Å². The summed E-state index contributed by atoms with van der Waals surface area (Å²) < 4.78 is 27.6. The Kier molecular flexibility index (Phi) is 2.40. The number of alkyl halides is 2. The molecule has 0 saturated heterocycles. The lowest BCUT2D eigenvalue weighted by molar-refractivity contribution is -0.0351. The molecule has 94 valence electrons. The Morgan fingerprint density at radius 2 is 2.11 bits per heavy atom. The Morgan fingerprint density at radius 1 is 1.33 bits per heavy atom. The monoisotopic (exact) mass is 247 g/mol. The molecule has 1 saturated carbocycles. The summed E-state index contributed by atoms with van der Waals surface area (Å²) in [5.74, 6) is -2.60. The Hall–Kier alpha value is -1.51. The van der Waals surface area contributed by atoms with E-state index >= 15 is 0 Å². The number of halogens is 2. The van der Waals surface area contributed by atoms with Crippen molar-refractivity contribution in [3.63, 3.8) is 0 Å². The number of para-hydroxylation sites is 1. The van der Waals surface area contributed by atoms with E-state index in [4.69, 9.17) is 0 Å². The molecule has 1 atom stereocenters. The van der Waals surface area contributed by atoms with Crippen molar-refractivity contribution in [2.24, 2.45) is 4.99 Å². The number of hydrogen-bond donors (Lipinski definition) is 0. The fourth-order valence-corrected chi connectivity index (χ4v) is 3.25. The quantitative estimate of drug-likeness (QED) is 0.686. The van der Waals surface area contributed by atoms with Crippen LogP contribution in [-0.4, -0.2) is 11.6 Å². The maximum absolute atomic E-state index is 13.8. The molecule has 1 nitrogen and oxygen atoms in total. The summed E-state index contributed by atoms with van der Waals surface area (Å²) in [4.78, 5) is 4.57. The third-order valence-electron chi connectivity index (χ3n) is 4.01. The molecule has 0 aromatic heterocycles. The van der Waals surface area contributed by atoms with Gasteiger partial charge in [-0.3, -0.25) is 4.99 Å². The van der Waals surface area contributed by atoms with Gasteiger partial charge in [0.1, 0.15) is 0 Å². The van der Waals surface area contributed by atoms with Crippen molar-refractivity contribution in [3.05, 3.63) is 42.5 Å². The molecule has 3 heteroatoms. The topological polar surface area (TPSA) is 12.4 Å². The van der Waals surface area contributed by atoms with Crippen molar-refractivity contribution in [1.82, 2.24) is 0 Å². The van der Waals surface area contributed by atoms with E-state index < -0.39 is 11.3 Å². The summed E-state index contributed by atoms with van der Waals surface area (Å²) in [5, 5.41) is 0. The minimum atomic E-state index is -2.60. The lowest BCUT2D eigenvalue weighted by Crippen LogP contribution is -2.44. The first-order valence-corrected chi connectivity index (χ1v) is 6.24.